The minimum Gasteiger partial charge on any atom is -0.366 e. The fourth-order valence-corrected chi connectivity index (χ4v) is 2.94. The van der Waals surface area contributed by atoms with Crippen LogP contribution in [0.3, 0.4) is 0 Å². The third-order valence-corrected chi connectivity index (χ3v) is 4.57. The summed E-state index contributed by atoms with van der Waals surface area (Å²) in [6.07, 6.45) is 2.49. The van der Waals surface area contributed by atoms with Gasteiger partial charge in [-0.05, 0) is 57.0 Å². The topological polar surface area (TPSA) is 84.2 Å². The second kappa shape index (κ2) is 6.26. The molecule has 0 aromatic heterocycles. The predicted molar refractivity (Wildman–Crippen MR) is 83.2 cm³/mol. The van der Waals surface area contributed by atoms with Crippen molar-refractivity contribution in [1.29, 1.82) is 0 Å². The highest BCUT2D eigenvalue weighted by molar-refractivity contribution is 6.00. The van der Waals surface area contributed by atoms with Gasteiger partial charge in [-0.15, -0.1) is 0 Å². The molecule has 0 radical (unpaired) electrons. The van der Waals surface area contributed by atoms with Gasteiger partial charge in [0.2, 0.25) is 11.8 Å². The van der Waals surface area contributed by atoms with Crippen LogP contribution >= 0.6 is 0 Å². The lowest BCUT2D eigenvalue weighted by Crippen LogP contribution is -2.44. The Kier molecular flexibility index (Phi) is 4.63. The number of rotatable bonds is 4. The first kappa shape index (κ1) is 15.5. The van der Waals surface area contributed by atoms with Crippen molar-refractivity contribution < 1.29 is 9.59 Å². The molecule has 0 spiro atoms. The number of amides is 2. The van der Waals surface area contributed by atoms with Gasteiger partial charge >= 0.3 is 0 Å². The number of carbonyl (C=O) groups is 2. The molecule has 5 heteroatoms. The minimum absolute atomic E-state index is 0.0382. The summed E-state index contributed by atoms with van der Waals surface area (Å²) >= 11 is 0. The number of carbonyl (C=O) groups excluding carboxylic acids is 2. The van der Waals surface area contributed by atoms with Crippen molar-refractivity contribution >= 4 is 17.5 Å². The smallest absolute Gasteiger partial charge is 0.249 e. The van der Waals surface area contributed by atoms with Crippen molar-refractivity contribution in [2.24, 2.45) is 11.1 Å². The molecule has 1 aromatic rings. The second-order valence-electron chi connectivity index (χ2n) is 5.68. The van der Waals surface area contributed by atoms with Crippen LogP contribution in [0.15, 0.2) is 18.2 Å². The number of anilines is 1. The Morgan fingerprint density at radius 2 is 2.00 bits per heavy atom. The first-order chi connectivity index (χ1) is 10.00. The lowest BCUT2D eigenvalue weighted by atomic mass is 9.76. The average Bonchev–Trinajstić information content (AvgIpc) is 2.49. The SMILES string of the molecule is CCC1(C(=O)Nc2cccc(C(N)=O)c2C)CCNCC1. The molecule has 0 bridgehead atoms. The monoisotopic (exact) mass is 289 g/mol. The molecule has 1 fully saturated rings. The van der Waals surface area contributed by atoms with Crippen molar-refractivity contribution in [1.82, 2.24) is 5.32 Å². The number of nitrogens with two attached hydrogens (primary N) is 1. The summed E-state index contributed by atoms with van der Waals surface area (Å²) in [7, 11) is 0. The van der Waals surface area contributed by atoms with Crippen molar-refractivity contribution in [2.75, 3.05) is 18.4 Å². The fourth-order valence-electron chi connectivity index (χ4n) is 2.94. The minimum atomic E-state index is -0.476. The largest absolute Gasteiger partial charge is 0.366 e. The average molecular weight is 289 g/mol. The fraction of sp³-hybridized carbons (Fsp3) is 0.500. The van der Waals surface area contributed by atoms with Crippen molar-refractivity contribution in [2.45, 2.75) is 33.1 Å². The van der Waals surface area contributed by atoms with E-state index in [4.69, 9.17) is 5.73 Å². The van der Waals surface area contributed by atoms with Gasteiger partial charge < -0.3 is 16.4 Å². The Bertz CT molecular complexity index is 548. The molecule has 114 valence electrons. The Morgan fingerprint density at radius 1 is 1.33 bits per heavy atom. The van der Waals surface area contributed by atoms with Gasteiger partial charge in [0.1, 0.15) is 0 Å². The molecule has 5 nitrogen and oxygen atoms in total. The van der Waals surface area contributed by atoms with Gasteiger partial charge in [-0.1, -0.05) is 13.0 Å². The molecule has 2 amide bonds. The lowest BCUT2D eigenvalue weighted by Gasteiger charge is -2.35. The van der Waals surface area contributed by atoms with Crippen LogP contribution in [0.25, 0.3) is 0 Å². The summed E-state index contributed by atoms with van der Waals surface area (Å²) in [4.78, 5) is 24.1. The van der Waals surface area contributed by atoms with E-state index >= 15 is 0 Å². The summed E-state index contributed by atoms with van der Waals surface area (Å²) in [5.41, 5.74) is 6.87. The number of hydrogen-bond donors (Lipinski definition) is 3. The zero-order chi connectivity index (χ0) is 15.5. The summed E-state index contributed by atoms with van der Waals surface area (Å²) < 4.78 is 0. The summed E-state index contributed by atoms with van der Waals surface area (Å²) in [6.45, 7) is 5.58. The molecule has 1 aromatic carbocycles. The van der Waals surface area contributed by atoms with Gasteiger partial charge in [0.15, 0.2) is 0 Å². The molecular formula is C16H23N3O2. The van der Waals surface area contributed by atoms with E-state index in [1.165, 1.54) is 0 Å². The summed E-state index contributed by atoms with van der Waals surface area (Å²) in [6, 6.07) is 5.22. The van der Waals surface area contributed by atoms with Gasteiger partial charge in [0.05, 0.1) is 5.41 Å². The second-order valence-corrected chi connectivity index (χ2v) is 5.68. The molecule has 0 aliphatic carbocycles. The van der Waals surface area contributed by atoms with Gasteiger partial charge in [-0.2, -0.15) is 0 Å². The maximum Gasteiger partial charge on any atom is 0.249 e. The number of nitrogens with one attached hydrogen (secondary N) is 2. The van der Waals surface area contributed by atoms with Crippen LogP contribution in [0, 0.1) is 12.3 Å². The first-order valence-electron chi connectivity index (χ1n) is 7.42. The van der Waals surface area contributed by atoms with Crippen LogP contribution in [0.5, 0.6) is 0 Å². The Morgan fingerprint density at radius 3 is 2.57 bits per heavy atom. The third kappa shape index (κ3) is 3.08. The summed E-state index contributed by atoms with van der Waals surface area (Å²) in [5.74, 6) is -0.438. The molecule has 2 rings (SSSR count). The molecule has 1 aliphatic heterocycles. The van der Waals surface area contributed by atoms with E-state index in [2.05, 4.69) is 17.6 Å². The molecule has 1 aliphatic rings. The molecule has 1 saturated heterocycles. The molecular weight excluding hydrogens is 266 g/mol. The molecule has 0 unspecified atom stereocenters. The third-order valence-electron chi connectivity index (χ3n) is 4.57. The zero-order valence-electron chi connectivity index (χ0n) is 12.7. The number of benzene rings is 1. The normalized spacial score (nSPS) is 17.2. The highest BCUT2D eigenvalue weighted by Gasteiger charge is 2.37. The molecule has 0 atom stereocenters. The van der Waals surface area contributed by atoms with Crippen molar-refractivity contribution in [3.63, 3.8) is 0 Å². The molecule has 1 heterocycles. The van der Waals surface area contributed by atoms with Crippen LogP contribution in [0.4, 0.5) is 5.69 Å². The van der Waals surface area contributed by atoms with Gasteiger partial charge in [-0.25, -0.2) is 0 Å². The van der Waals surface area contributed by atoms with Crippen molar-refractivity contribution in [3.8, 4) is 0 Å². The number of primary amides is 1. The van der Waals surface area contributed by atoms with E-state index in [-0.39, 0.29) is 11.3 Å². The predicted octanol–water partition coefficient (Wildman–Crippen LogP) is 1.81. The van der Waals surface area contributed by atoms with Crippen LogP contribution < -0.4 is 16.4 Å². The van der Waals surface area contributed by atoms with E-state index in [1.54, 1.807) is 19.1 Å². The summed E-state index contributed by atoms with van der Waals surface area (Å²) in [5, 5.41) is 6.28. The van der Waals surface area contributed by atoms with E-state index in [9.17, 15) is 9.59 Å². The maximum atomic E-state index is 12.7. The van der Waals surface area contributed by atoms with Crippen LogP contribution in [0.2, 0.25) is 0 Å². The van der Waals surface area contributed by atoms with Gasteiger partial charge in [0.25, 0.3) is 0 Å². The van der Waals surface area contributed by atoms with E-state index in [0.29, 0.717) is 11.3 Å². The standard InChI is InChI=1S/C16H23N3O2/c1-3-16(7-9-18-10-8-16)15(21)19-13-6-4-5-12(11(13)2)14(17)20/h4-6,18H,3,7-10H2,1-2H3,(H2,17,20)(H,19,21). The molecule has 0 saturated carbocycles. The van der Waals surface area contributed by atoms with E-state index < -0.39 is 5.91 Å². The Balaban J connectivity index is 2.23. The zero-order valence-corrected chi connectivity index (χ0v) is 12.7. The highest BCUT2D eigenvalue weighted by atomic mass is 16.2. The molecule has 21 heavy (non-hydrogen) atoms. The van der Waals surface area contributed by atoms with Crippen LogP contribution in [-0.4, -0.2) is 24.9 Å². The first-order valence-corrected chi connectivity index (χ1v) is 7.42. The van der Waals surface area contributed by atoms with E-state index in [1.807, 2.05) is 6.07 Å². The Labute approximate surface area is 125 Å². The quantitative estimate of drug-likeness (QED) is 0.790. The van der Waals surface area contributed by atoms with Crippen LogP contribution in [-0.2, 0) is 4.79 Å². The van der Waals surface area contributed by atoms with Crippen molar-refractivity contribution in [3.05, 3.63) is 29.3 Å². The van der Waals surface area contributed by atoms with Crippen LogP contribution in [0.1, 0.15) is 42.1 Å². The lowest BCUT2D eigenvalue weighted by molar-refractivity contribution is -0.127. The van der Waals surface area contributed by atoms with Gasteiger partial charge in [-0.3, -0.25) is 9.59 Å². The highest BCUT2D eigenvalue weighted by Crippen LogP contribution is 2.34. The maximum absolute atomic E-state index is 12.7. The van der Waals surface area contributed by atoms with E-state index in [0.717, 1.165) is 37.9 Å². The Hall–Kier alpha value is -1.88. The molecule has 4 N–H and O–H groups in total. The van der Waals surface area contributed by atoms with Gasteiger partial charge in [0, 0.05) is 11.3 Å². The number of hydrogen-bond acceptors (Lipinski definition) is 3. The number of piperidine rings is 1.